The van der Waals surface area contributed by atoms with Gasteiger partial charge in [0.25, 0.3) is 0 Å². The van der Waals surface area contributed by atoms with Crippen molar-refractivity contribution < 1.29 is 13.2 Å². The minimum atomic E-state index is -4.06. The van der Waals surface area contributed by atoms with Crippen LogP contribution in [0.25, 0.3) is 0 Å². The normalized spacial score (nSPS) is 33.8. The van der Waals surface area contributed by atoms with Crippen molar-refractivity contribution in [2.45, 2.75) is 32.0 Å². The second kappa shape index (κ2) is 3.01. The standard InChI is InChI=1S/C7H12F3N/c1-5-2-3-11-6(4-5)7(8,9)10/h5-6,11H,2-4H2,1H3/t5-,6-/m1/s1. The monoisotopic (exact) mass is 167 g/mol. The maximum absolute atomic E-state index is 12.1. The van der Waals surface area contributed by atoms with E-state index in [1.165, 1.54) is 0 Å². The van der Waals surface area contributed by atoms with Crippen LogP contribution in [0.15, 0.2) is 0 Å². The van der Waals surface area contributed by atoms with E-state index >= 15 is 0 Å². The Hall–Kier alpha value is -0.250. The highest BCUT2D eigenvalue weighted by atomic mass is 19.4. The molecule has 1 rings (SSSR count). The first-order valence-electron chi connectivity index (χ1n) is 3.80. The van der Waals surface area contributed by atoms with Crippen molar-refractivity contribution in [1.82, 2.24) is 5.32 Å². The van der Waals surface area contributed by atoms with Crippen molar-refractivity contribution >= 4 is 0 Å². The van der Waals surface area contributed by atoms with E-state index in [4.69, 9.17) is 0 Å². The fourth-order valence-electron chi connectivity index (χ4n) is 1.36. The molecule has 1 saturated heterocycles. The molecule has 0 spiro atoms. The SMILES string of the molecule is C[C@@H]1CCN[C@@H](C(F)(F)F)C1. The van der Waals surface area contributed by atoms with E-state index in [1.807, 2.05) is 6.92 Å². The van der Waals surface area contributed by atoms with E-state index < -0.39 is 12.2 Å². The number of nitrogens with one attached hydrogen (secondary N) is 1. The lowest BCUT2D eigenvalue weighted by molar-refractivity contribution is -0.163. The third-order valence-corrected chi connectivity index (χ3v) is 2.06. The van der Waals surface area contributed by atoms with Crippen LogP contribution in [-0.4, -0.2) is 18.8 Å². The predicted octanol–water partition coefficient (Wildman–Crippen LogP) is 1.94. The fourth-order valence-corrected chi connectivity index (χ4v) is 1.36. The first-order chi connectivity index (χ1) is 5.00. The van der Waals surface area contributed by atoms with Crippen LogP contribution in [0.3, 0.4) is 0 Å². The van der Waals surface area contributed by atoms with Gasteiger partial charge in [0.05, 0.1) is 0 Å². The molecule has 0 saturated carbocycles. The molecule has 0 aromatic heterocycles. The van der Waals surface area contributed by atoms with Crippen molar-refractivity contribution in [3.05, 3.63) is 0 Å². The molecule has 1 heterocycles. The summed E-state index contributed by atoms with van der Waals surface area (Å²) in [5.74, 6) is 0.197. The average molecular weight is 167 g/mol. The molecule has 0 aromatic carbocycles. The summed E-state index contributed by atoms with van der Waals surface area (Å²) in [5, 5.41) is 2.46. The topological polar surface area (TPSA) is 12.0 Å². The zero-order valence-electron chi connectivity index (χ0n) is 6.41. The van der Waals surface area contributed by atoms with Gasteiger partial charge in [-0.2, -0.15) is 13.2 Å². The summed E-state index contributed by atoms with van der Waals surface area (Å²) in [6.45, 7) is 2.35. The van der Waals surface area contributed by atoms with Gasteiger partial charge in [0.15, 0.2) is 0 Å². The van der Waals surface area contributed by atoms with Crippen molar-refractivity contribution in [3.63, 3.8) is 0 Å². The van der Waals surface area contributed by atoms with Crippen LogP contribution in [0.4, 0.5) is 13.2 Å². The van der Waals surface area contributed by atoms with Gasteiger partial charge >= 0.3 is 6.18 Å². The average Bonchev–Trinajstić information content (AvgIpc) is 1.86. The summed E-state index contributed by atoms with van der Waals surface area (Å²) >= 11 is 0. The zero-order valence-corrected chi connectivity index (χ0v) is 6.41. The second-order valence-electron chi connectivity index (χ2n) is 3.18. The molecule has 2 atom stereocenters. The molecular formula is C7H12F3N. The lowest BCUT2D eigenvalue weighted by Gasteiger charge is -2.29. The molecule has 1 N–H and O–H groups in total. The highest BCUT2D eigenvalue weighted by molar-refractivity contribution is 4.81. The van der Waals surface area contributed by atoms with Gasteiger partial charge in [-0.3, -0.25) is 0 Å². The maximum atomic E-state index is 12.1. The van der Waals surface area contributed by atoms with E-state index in [0.717, 1.165) is 6.42 Å². The second-order valence-corrected chi connectivity index (χ2v) is 3.18. The highest BCUT2D eigenvalue weighted by Crippen LogP contribution is 2.28. The van der Waals surface area contributed by atoms with Crippen LogP contribution >= 0.6 is 0 Å². The summed E-state index contributed by atoms with van der Waals surface area (Å²) in [7, 11) is 0. The summed E-state index contributed by atoms with van der Waals surface area (Å²) in [6.07, 6.45) is -2.98. The lowest BCUT2D eigenvalue weighted by atomic mass is 9.94. The van der Waals surface area contributed by atoms with Crippen LogP contribution in [-0.2, 0) is 0 Å². The number of hydrogen-bond donors (Lipinski definition) is 1. The van der Waals surface area contributed by atoms with E-state index in [9.17, 15) is 13.2 Å². The van der Waals surface area contributed by atoms with Gasteiger partial charge in [-0.05, 0) is 25.3 Å². The summed E-state index contributed by atoms with van der Waals surface area (Å²) in [4.78, 5) is 0. The van der Waals surface area contributed by atoms with Crippen LogP contribution in [0.2, 0.25) is 0 Å². The van der Waals surface area contributed by atoms with Crippen molar-refractivity contribution in [1.29, 1.82) is 0 Å². The molecule has 4 heteroatoms. The Kier molecular flexibility index (Phi) is 2.42. The highest BCUT2D eigenvalue weighted by Gasteiger charge is 2.41. The van der Waals surface area contributed by atoms with E-state index in [0.29, 0.717) is 6.54 Å². The number of rotatable bonds is 0. The van der Waals surface area contributed by atoms with Gasteiger partial charge in [-0.15, -0.1) is 0 Å². The third-order valence-electron chi connectivity index (χ3n) is 2.06. The molecule has 0 radical (unpaired) electrons. The van der Waals surface area contributed by atoms with Crippen molar-refractivity contribution in [3.8, 4) is 0 Å². The van der Waals surface area contributed by atoms with Gasteiger partial charge in [0.2, 0.25) is 0 Å². The van der Waals surface area contributed by atoms with Gasteiger partial charge in [-0.25, -0.2) is 0 Å². The summed E-state index contributed by atoms with van der Waals surface area (Å²) in [6, 6.07) is -1.27. The minimum absolute atomic E-state index is 0.197. The molecule has 1 nitrogen and oxygen atoms in total. The molecule has 0 amide bonds. The number of hydrogen-bond acceptors (Lipinski definition) is 1. The Morgan fingerprint density at radius 3 is 2.36 bits per heavy atom. The summed E-state index contributed by atoms with van der Waals surface area (Å²) < 4.78 is 36.2. The Bertz CT molecular complexity index is 132. The predicted molar refractivity (Wildman–Crippen MR) is 36.2 cm³/mol. The number of halogens is 3. The van der Waals surface area contributed by atoms with E-state index in [1.54, 1.807) is 0 Å². The number of piperidine rings is 1. The smallest absolute Gasteiger partial charge is 0.306 e. The molecule has 0 aromatic rings. The molecular weight excluding hydrogens is 155 g/mol. The molecule has 1 fully saturated rings. The molecule has 1 aliphatic rings. The van der Waals surface area contributed by atoms with Gasteiger partial charge in [0.1, 0.15) is 6.04 Å². The van der Waals surface area contributed by atoms with Crippen LogP contribution in [0.5, 0.6) is 0 Å². The molecule has 0 bridgehead atoms. The lowest BCUT2D eigenvalue weighted by Crippen LogP contribution is -2.47. The van der Waals surface area contributed by atoms with Crippen LogP contribution < -0.4 is 5.32 Å². The quantitative estimate of drug-likeness (QED) is 0.581. The number of alkyl halides is 3. The fraction of sp³-hybridized carbons (Fsp3) is 1.00. The maximum Gasteiger partial charge on any atom is 0.403 e. The Morgan fingerprint density at radius 2 is 2.00 bits per heavy atom. The van der Waals surface area contributed by atoms with Crippen molar-refractivity contribution in [2.24, 2.45) is 5.92 Å². The van der Waals surface area contributed by atoms with Crippen molar-refractivity contribution in [2.75, 3.05) is 6.54 Å². The van der Waals surface area contributed by atoms with Gasteiger partial charge in [0, 0.05) is 0 Å². The largest absolute Gasteiger partial charge is 0.403 e. The zero-order chi connectivity index (χ0) is 8.48. The molecule has 0 aliphatic carbocycles. The molecule has 1 aliphatic heterocycles. The van der Waals surface area contributed by atoms with E-state index in [-0.39, 0.29) is 12.3 Å². The molecule has 66 valence electrons. The Morgan fingerprint density at radius 1 is 1.36 bits per heavy atom. The first kappa shape index (κ1) is 8.84. The van der Waals surface area contributed by atoms with Crippen LogP contribution in [0.1, 0.15) is 19.8 Å². The third kappa shape index (κ3) is 2.36. The summed E-state index contributed by atoms with van der Waals surface area (Å²) in [5.41, 5.74) is 0. The first-order valence-corrected chi connectivity index (χ1v) is 3.80. The Labute approximate surface area is 64.0 Å². The Balaban J connectivity index is 2.46. The van der Waals surface area contributed by atoms with Gasteiger partial charge < -0.3 is 5.32 Å². The van der Waals surface area contributed by atoms with E-state index in [2.05, 4.69) is 5.32 Å². The van der Waals surface area contributed by atoms with Crippen LogP contribution in [0, 0.1) is 5.92 Å². The minimum Gasteiger partial charge on any atom is -0.306 e. The molecule has 0 unspecified atom stereocenters. The van der Waals surface area contributed by atoms with Gasteiger partial charge in [-0.1, -0.05) is 6.92 Å². The molecule has 11 heavy (non-hydrogen) atoms.